The lowest BCUT2D eigenvalue weighted by atomic mass is 9.94. The summed E-state index contributed by atoms with van der Waals surface area (Å²) in [6.45, 7) is 3.02. The summed E-state index contributed by atoms with van der Waals surface area (Å²) in [7, 11) is 1.83. The molecular formula is C19H26N6O. The predicted octanol–water partition coefficient (Wildman–Crippen LogP) is 1.80. The molecule has 1 aromatic rings. The summed E-state index contributed by atoms with van der Waals surface area (Å²) in [6, 6.07) is 4.17. The molecule has 7 heteroatoms. The van der Waals surface area contributed by atoms with Crippen molar-refractivity contribution in [2.24, 2.45) is 0 Å². The minimum atomic E-state index is -0.159. The number of aromatic nitrogens is 2. The van der Waals surface area contributed by atoms with E-state index < -0.39 is 0 Å². The average Bonchev–Trinajstić information content (AvgIpc) is 2.72. The molecule has 0 aromatic carbocycles. The van der Waals surface area contributed by atoms with E-state index >= 15 is 0 Å². The lowest BCUT2D eigenvalue weighted by molar-refractivity contribution is -0.128. The average molecular weight is 354 g/mol. The Labute approximate surface area is 154 Å². The van der Waals surface area contributed by atoms with Crippen molar-refractivity contribution in [3.63, 3.8) is 0 Å². The van der Waals surface area contributed by atoms with Gasteiger partial charge in [0, 0.05) is 57.9 Å². The van der Waals surface area contributed by atoms with Gasteiger partial charge in [0.1, 0.15) is 11.6 Å². The fraction of sp³-hybridized carbons (Fsp3) is 0.579. The second-order valence-electron chi connectivity index (χ2n) is 6.93. The van der Waals surface area contributed by atoms with Crippen molar-refractivity contribution in [3.8, 4) is 6.07 Å². The Morgan fingerprint density at radius 3 is 2.46 bits per heavy atom. The Balaban J connectivity index is 1.59. The van der Waals surface area contributed by atoms with Crippen LogP contribution in [0.5, 0.6) is 0 Å². The molecule has 138 valence electrons. The second-order valence-corrected chi connectivity index (χ2v) is 6.93. The highest BCUT2D eigenvalue weighted by molar-refractivity contribution is 5.97. The molecule has 1 amide bonds. The predicted molar refractivity (Wildman–Crippen MR) is 99.2 cm³/mol. The third kappa shape index (κ3) is 4.31. The van der Waals surface area contributed by atoms with Gasteiger partial charge in [0.25, 0.3) is 5.91 Å². The molecule has 0 atom stereocenters. The number of hydrogen-bond acceptors (Lipinski definition) is 6. The van der Waals surface area contributed by atoms with Crippen molar-refractivity contribution in [1.82, 2.24) is 19.8 Å². The molecule has 1 aliphatic carbocycles. The first-order chi connectivity index (χ1) is 12.7. The molecule has 2 fully saturated rings. The summed E-state index contributed by atoms with van der Waals surface area (Å²) in [5, 5.41) is 9.48. The maximum Gasteiger partial charge on any atom is 0.265 e. The van der Waals surface area contributed by atoms with Gasteiger partial charge in [-0.2, -0.15) is 5.26 Å². The van der Waals surface area contributed by atoms with Gasteiger partial charge in [0.2, 0.25) is 5.95 Å². The van der Waals surface area contributed by atoms with E-state index in [1.165, 1.54) is 6.42 Å². The van der Waals surface area contributed by atoms with E-state index in [9.17, 15) is 10.1 Å². The van der Waals surface area contributed by atoms with Crippen molar-refractivity contribution < 1.29 is 4.79 Å². The van der Waals surface area contributed by atoms with Crippen molar-refractivity contribution in [1.29, 1.82) is 5.26 Å². The van der Waals surface area contributed by atoms with Crippen molar-refractivity contribution in [2.75, 3.05) is 38.1 Å². The number of nitrogens with zero attached hydrogens (tertiary/aromatic N) is 6. The van der Waals surface area contributed by atoms with Crippen LogP contribution in [0.1, 0.15) is 32.1 Å². The van der Waals surface area contributed by atoms with E-state index in [1.807, 2.05) is 11.9 Å². The van der Waals surface area contributed by atoms with Crippen LogP contribution in [0.25, 0.3) is 0 Å². The number of rotatable bonds is 4. The van der Waals surface area contributed by atoms with E-state index in [-0.39, 0.29) is 17.5 Å². The van der Waals surface area contributed by atoms with Gasteiger partial charge in [-0.05, 0) is 18.9 Å². The lowest BCUT2D eigenvalue weighted by Crippen LogP contribution is -2.45. The topological polar surface area (TPSA) is 76.4 Å². The number of amides is 1. The van der Waals surface area contributed by atoms with Gasteiger partial charge in [0.05, 0.1) is 0 Å². The number of carbonyl (C=O) groups is 1. The highest BCUT2D eigenvalue weighted by atomic mass is 16.2. The normalized spacial score (nSPS) is 19.2. The zero-order valence-corrected chi connectivity index (χ0v) is 15.3. The number of nitriles is 1. The van der Waals surface area contributed by atoms with Crippen LogP contribution in [0.2, 0.25) is 0 Å². The molecule has 7 nitrogen and oxygen atoms in total. The summed E-state index contributed by atoms with van der Waals surface area (Å²) in [4.78, 5) is 27.2. The third-order valence-electron chi connectivity index (χ3n) is 5.25. The quantitative estimate of drug-likeness (QED) is 0.606. The minimum Gasteiger partial charge on any atom is -0.373 e. The molecule has 3 rings (SSSR count). The van der Waals surface area contributed by atoms with Crippen LogP contribution in [0, 0.1) is 11.3 Å². The largest absolute Gasteiger partial charge is 0.373 e. The first kappa shape index (κ1) is 18.2. The maximum atomic E-state index is 12.7. The Morgan fingerprint density at radius 2 is 1.85 bits per heavy atom. The van der Waals surface area contributed by atoms with E-state index in [1.54, 1.807) is 29.6 Å². The van der Waals surface area contributed by atoms with Gasteiger partial charge in [-0.15, -0.1) is 0 Å². The number of carbonyl (C=O) groups excluding carboxylic acids is 1. The van der Waals surface area contributed by atoms with Crippen molar-refractivity contribution >= 4 is 11.9 Å². The van der Waals surface area contributed by atoms with E-state index in [0.29, 0.717) is 0 Å². The lowest BCUT2D eigenvalue weighted by Gasteiger charge is -2.34. The standard InChI is InChI=1S/C19H26N6O/c1-23(17-6-3-2-4-7-17)18(26)16(14-20)15-24-10-12-25(13-11-24)19-21-8-5-9-22-19/h5,8-9,15,17H,2-4,6-7,10-13H2,1H3/b16-15-. The smallest absolute Gasteiger partial charge is 0.265 e. The van der Waals surface area contributed by atoms with E-state index in [0.717, 1.165) is 57.8 Å². The monoisotopic (exact) mass is 354 g/mol. The van der Waals surface area contributed by atoms with Gasteiger partial charge in [-0.3, -0.25) is 4.79 Å². The van der Waals surface area contributed by atoms with Crippen LogP contribution in [-0.4, -0.2) is 64.9 Å². The number of hydrogen-bond donors (Lipinski definition) is 0. The Kier molecular flexibility index (Phi) is 6.05. The summed E-state index contributed by atoms with van der Waals surface area (Å²) in [5.41, 5.74) is 0.225. The van der Waals surface area contributed by atoms with E-state index in [4.69, 9.17) is 0 Å². The highest BCUT2D eigenvalue weighted by Crippen LogP contribution is 2.22. The summed E-state index contributed by atoms with van der Waals surface area (Å²) < 4.78 is 0. The fourth-order valence-electron chi connectivity index (χ4n) is 3.64. The van der Waals surface area contributed by atoms with Crippen LogP contribution in [0.15, 0.2) is 30.2 Å². The summed E-state index contributed by atoms with van der Waals surface area (Å²) >= 11 is 0. The fourth-order valence-corrected chi connectivity index (χ4v) is 3.64. The van der Waals surface area contributed by atoms with Crippen molar-refractivity contribution in [2.45, 2.75) is 38.1 Å². The first-order valence-corrected chi connectivity index (χ1v) is 9.34. The highest BCUT2D eigenvalue weighted by Gasteiger charge is 2.25. The van der Waals surface area contributed by atoms with E-state index in [2.05, 4.69) is 20.9 Å². The number of piperazine rings is 1. The Morgan fingerprint density at radius 1 is 1.19 bits per heavy atom. The van der Waals surface area contributed by atoms with Gasteiger partial charge in [-0.1, -0.05) is 19.3 Å². The molecule has 1 aromatic heterocycles. The molecule has 0 unspecified atom stereocenters. The number of likely N-dealkylation sites (N-methyl/N-ethyl adjacent to an activating group) is 1. The zero-order chi connectivity index (χ0) is 18.4. The van der Waals surface area contributed by atoms with Crippen LogP contribution in [-0.2, 0) is 4.79 Å². The molecular weight excluding hydrogens is 328 g/mol. The van der Waals surface area contributed by atoms with Gasteiger partial charge in [0.15, 0.2) is 0 Å². The molecule has 26 heavy (non-hydrogen) atoms. The van der Waals surface area contributed by atoms with Crippen LogP contribution in [0.3, 0.4) is 0 Å². The molecule has 1 saturated heterocycles. The second kappa shape index (κ2) is 8.65. The zero-order valence-electron chi connectivity index (χ0n) is 15.3. The Bertz CT molecular complexity index is 669. The van der Waals surface area contributed by atoms with Gasteiger partial charge in [-0.25, -0.2) is 9.97 Å². The molecule has 1 saturated carbocycles. The van der Waals surface area contributed by atoms with Crippen LogP contribution >= 0.6 is 0 Å². The van der Waals surface area contributed by atoms with Gasteiger partial charge >= 0.3 is 0 Å². The molecule has 1 aliphatic heterocycles. The summed E-state index contributed by atoms with van der Waals surface area (Å²) in [5.74, 6) is 0.568. The Hall–Kier alpha value is -2.62. The minimum absolute atomic E-state index is 0.159. The molecule has 0 radical (unpaired) electrons. The van der Waals surface area contributed by atoms with Crippen molar-refractivity contribution in [3.05, 3.63) is 30.2 Å². The summed E-state index contributed by atoms with van der Waals surface area (Å²) in [6.07, 6.45) is 10.9. The third-order valence-corrected chi connectivity index (χ3v) is 5.25. The maximum absolute atomic E-state index is 12.7. The molecule has 0 spiro atoms. The van der Waals surface area contributed by atoms with Crippen LogP contribution in [0.4, 0.5) is 5.95 Å². The molecule has 0 N–H and O–H groups in total. The molecule has 0 bridgehead atoms. The number of anilines is 1. The first-order valence-electron chi connectivity index (χ1n) is 9.34. The van der Waals surface area contributed by atoms with Crippen LogP contribution < -0.4 is 4.90 Å². The molecule has 2 aliphatic rings. The SMILES string of the molecule is CN(C(=O)/C(C#N)=C\N1CCN(c2ncccn2)CC1)C1CCCCC1. The molecule has 2 heterocycles. The van der Waals surface area contributed by atoms with Gasteiger partial charge < -0.3 is 14.7 Å².